The van der Waals surface area contributed by atoms with E-state index < -0.39 is 5.41 Å². The van der Waals surface area contributed by atoms with Gasteiger partial charge >= 0.3 is 0 Å². The number of nitrogens with zero attached hydrogens (tertiary/aromatic N) is 3. The summed E-state index contributed by atoms with van der Waals surface area (Å²) in [5, 5.41) is 2.14. The lowest BCUT2D eigenvalue weighted by atomic mass is 9.70. The maximum absolute atomic E-state index is 6.39. The molecule has 0 saturated carbocycles. The van der Waals surface area contributed by atoms with Crippen LogP contribution >= 0.6 is 0 Å². The van der Waals surface area contributed by atoms with Gasteiger partial charge in [0.25, 0.3) is 0 Å². The molecule has 0 radical (unpaired) electrons. The maximum Gasteiger partial charge on any atom is 0.164 e. The van der Waals surface area contributed by atoms with Crippen molar-refractivity contribution in [1.82, 2.24) is 15.0 Å². The van der Waals surface area contributed by atoms with Gasteiger partial charge in [0, 0.05) is 27.5 Å². The van der Waals surface area contributed by atoms with Gasteiger partial charge in [-0.2, -0.15) is 0 Å². The largest absolute Gasteiger partial charge is 0.456 e. The predicted octanol–water partition coefficient (Wildman–Crippen LogP) is 16.1. The summed E-state index contributed by atoms with van der Waals surface area (Å²) >= 11 is 0. The molecule has 2 heterocycles. The fraction of sp³-hybridized carbons (Fsp3) is 0.0156. The molecule has 2 aliphatic carbocycles. The molecule has 0 atom stereocenters. The zero-order chi connectivity index (χ0) is 44.8. The lowest BCUT2D eigenvalue weighted by Gasteiger charge is -2.30. The molecule has 316 valence electrons. The first-order chi connectivity index (χ1) is 33.7. The molecule has 0 bridgehead atoms. The number of benzene rings is 10. The highest BCUT2D eigenvalue weighted by Crippen LogP contribution is 2.64. The van der Waals surface area contributed by atoms with Gasteiger partial charge in [-0.1, -0.05) is 206 Å². The van der Waals surface area contributed by atoms with E-state index in [4.69, 9.17) is 19.4 Å². The standard InChI is InChI=1S/C64H39N3O/c1-3-17-40(18-4-1)46-35-33-44(38-53(46)41-19-5-2-6-20-41)62-65-61(66-63(67-62)45-34-36-51-50-25-10-14-32-58(50)68-59(51)39-45)43-22-15-21-42(37-43)47-27-16-31-57-60(47)52-26-9-13-30-56(52)64(57)54-28-11-7-23-48(54)49-24-8-12-29-55(49)64/h1-39H. The molecule has 10 aromatic carbocycles. The average molecular weight is 866 g/mol. The molecule has 0 unspecified atom stereocenters. The Balaban J connectivity index is 0.959. The summed E-state index contributed by atoms with van der Waals surface area (Å²) in [5.74, 6) is 1.75. The van der Waals surface area contributed by atoms with Gasteiger partial charge in [-0.25, -0.2) is 15.0 Å². The van der Waals surface area contributed by atoms with Gasteiger partial charge in [0.2, 0.25) is 0 Å². The van der Waals surface area contributed by atoms with Gasteiger partial charge in [-0.05, 0) is 108 Å². The van der Waals surface area contributed by atoms with Gasteiger partial charge in [0.1, 0.15) is 11.2 Å². The molecule has 4 heteroatoms. The van der Waals surface area contributed by atoms with Crippen LogP contribution in [0.25, 0.3) is 112 Å². The Bertz CT molecular complexity index is 3940. The molecule has 0 aliphatic heterocycles. The Morgan fingerprint density at radius 3 is 1.44 bits per heavy atom. The van der Waals surface area contributed by atoms with Gasteiger partial charge in [0.05, 0.1) is 5.41 Å². The molecule has 0 N–H and O–H groups in total. The zero-order valence-corrected chi connectivity index (χ0v) is 36.8. The molecule has 0 saturated heterocycles. The van der Waals surface area contributed by atoms with E-state index in [0.717, 1.165) is 66.4 Å². The van der Waals surface area contributed by atoms with Crippen molar-refractivity contribution >= 4 is 21.9 Å². The third kappa shape index (κ3) is 5.71. The first kappa shape index (κ1) is 38.3. The van der Waals surface area contributed by atoms with Crippen LogP contribution in [0.15, 0.2) is 241 Å². The quantitative estimate of drug-likeness (QED) is 0.167. The van der Waals surface area contributed by atoms with E-state index in [9.17, 15) is 0 Å². The first-order valence-electron chi connectivity index (χ1n) is 23.2. The summed E-state index contributed by atoms with van der Waals surface area (Å²) in [6, 6.07) is 84.6. The first-order valence-corrected chi connectivity index (χ1v) is 23.2. The summed E-state index contributed by atoms with van der Waals surface area (Å²) in [5.41, 5.74) is 21.0. The van der Waals surface area contributed by atoms with E-state index in [0.29, 0.717) is 17.5 Å². The van der Waals surface area contributed by atoms with E-state index in [-0.39, 0.29) is 0 Å². The highest BCUT2D eigenvalue weighted by atomic mass is 16.3. The number of furan rings is 1. The minimum absolute atomic E-state index is 0.430. The SMILES string of the molecule is c1ccc(-c2ccc(-c3nc(-c4cccc(-c5cccc6c5-c5ccccc5C65c6ccccc6-c6ccccc65)c4)nc(-c4ccc5c(c4)oc4ccccc45)n3)cc2-c2ccccc2)cc1. The smallest absolute Gasteiger partial charge is 0.164 e. The Morgan fingerprint density at radius 2 is 0.735 bits per heavy atom. The third-order valence-corrected chi connectivity index (χ3v) is 14.2. The second kappa shape index (κ2) is 15.0. The van der Waals surface area contributed by atoms with Crippen LogP contribution in [-0.4, -0.2) is 15.0 Å². The molecule has 2 aromatic heterocycles. The van der Waals surface area contributed by atoms with Crippen molar-refractivity contribution in [3.05, 3.63) is 259 Å². The van der Waals surface area contributed by atoms with Gasteiger partial charge in [-0.15, -0.1) is 0 Å². The average Bonchev–Trinajstić information content (AvgIpc) is 4.05. The minimum Gasteiger partial charge on any atom is -0.456 e. The van der Waals surface area contributed by atoms with E-state index in [1.807, 2.05) is 18.2 Å². The Labute approximate surface area is 393 Å². The fourth-order valence-electron chi connectivity index (χ4n) is 11.2. The summed E-state index contributed by atoms with van der Waals surface area (Å²) in [7, 11) is 0. The van der Waals surface area contributed by atoms with E-state index >= 15 is 0 Å². The number of aromatic nitrogens is 3. The summed E-state index contributed by atoms with van der Waals surface area (Å²) < 4.78 is 6.39. The van der Waals surface area contributed by atoms with Crippen LogP contribution in [0.2, 0.25) is 0 Å². The highest BCUT2D eigenvalue weighted by Gasteiger charge is 2.52. The maximum atomic E-state index is 6.39. The van der Waals surface area contributed by atoms with E-state index in [1.165, 1.54) is 50.1 Å². The normalized spacial score (nSPS) is 12.8. The van der Waals surface area contributed by atoms with Crippen LogP contribution in [0.4, 0.5) is 0 Å². The Morgan fingerprint density at radius 1 is 0.265 bits per heavy atom. The summed E-state index contributed by atoms with van der Waals surface area (Å²) in [6.07, 6.45) is 0. The number of hydrogen-bond donors (Lipinski definition) is 0. The molecule has 0 fully saturated rings. The number of rotatable bonds is 6. The zero-order valence-electron chi connectivity index (χ0n) is 36.8. The second-order valence-corrected chi connectivity index (χ2v) is 17.8. The van der Waals surface area contributed by atoms with Crippen molar-refractivity contribution in [3.8, 4) is 89.8 Å². The Hall–Kier alpha value is -8.99. The molecule has 1 spiro atoms. The van der Waals surface area contributed by atoms with E-state index in [2.05, 4.69) is 218 Å². The van der Waals surface area contributed by atoms with Gasteiger partial charge < -0.3 is 4.42 Å². The molecule has 68 heavy (non-hydrogen) atoms. The monoisotopic (exact) mass is 865 g/mol. The molecule has 12 aromatic rings. The van der Waals surface area contributed by atoms with Crippen molar-refractivity contribution in [2.45, 2.75) is 5.41 Å². The highest BCUT2D eigenvalue weighted by molar-refractivity contribution is 6.06. The lowest BCUT2D eigenvalue weighted by Crippen LogP contribution is -2.25. The molecular weight excluding hydrogens is 827 g/mol. The van der Waals surface area contributed by atoms with Gasteiger partial charge in [-0.3, -0.25) is 0 Å². The summed E-state index contributed by atoms with van der Waals surface area (Å²) in [6.45, 7) is 0. The third-order valence-electron chi connectivity index (χ3n) is 14.2. The molecule has 4 nitrogen and oxygen atoms in total. The topological polar surface area (TPSA) is 51.8 Å². The van der Waals surface area contributed by atoms with Gasteiger partial charge in [0.15, 0.2) is 17.5 Å². The van der Waals surface area contributed by atoms with Crippen molar-refractivity contribution < 1.29 is 4.42 Å². The van der Waals surface area contributed by atoms with Crippen LogP contribution in [0.5, 0.6) is 0 Å². The number of hydrogen-bond acceptors (Lipinski definition) is 4. The number of para-hydroxylation sites is 1. The summed E-state index contributed by atoms with van der Waals surface area (Å²) in [4.78, 5) is 15.9. The molecular formula is C64H39N3O. The molecule has 0 amide bonds. The van der Waals surface area contributed by atoms with Crippen LogP contribution in [-0.2, 0) is 5.41 Å². The number of fused-ring (bicyclic) bond motifs is 13. The van der Waals surface area contributed by atoms with Crippen LogP contribution in [0.1, 0.15) is 22.3 Å². The fourth-order valence-corrected chi connectivity index (χ4v) is 11.2. The van der Waals surface area contributed by atoms with Crippen LogP contribution in [0.3, 0.4) is 0 Å². The van der Waals surface area contributed by atoms with Crippen molar-refractivity contribution in [1.29, 1.82) is 0 Å². The predicted molar refractivity (Wildman–Crippen MR) is 276 cm³/mol. The van der Waals surface area contributed by atoms with Crippen molar-refractivity contribution in [3.63, 3.8) is 0 Å². The Kier molecular flexibility index (Phi) is 8.46. The minimum atomic E-state index is -0.430. The molecule has 14 rings (SSSR count). The van der Waals surface area contributed by atoms with Crippen LogP contribution < -0.4 is 0 Å². The van der Waals surface area contributed by atoms with Crippen LogP contribution in [0, 0.1) is 0 Å². The van der Waals surface area contributed by atoms with Crippen molar-refractivity contribution in [2.75, 3.05) is 0 Å². The van der Waals surface area contributed by atoms with Crippen molar-refractivity contribution in [2.24, 2.45) is 0 Å². The van der Waals surface area contributed by atoms with E-state index in [1.54, 1.807) is 0 Å². The molecule has 2 aliphatic rings. The lowest BCUT2D eigenvalue weighted by molar-refractivity contribution is 0.669. The second-order valence-electron chi connectivity index (χ2n) is 17.8.